The average molecular weight is 915 g/mol. The molecule has 198 valence electrons. The van der Waals surface area contributed by atoms with Crippen LogP contribution in [0, 0.1) is 184 Å². The molecule has 0 N–H and O–H groups in total. The first-order valence-corrected chi connectivity index (χ1v) is 17.1. The van der Waals surface area contributed by atoms with Crippen LogP contribution in [0.5, 0.6) is 0 Å². The second-order valence-corrected chi connectivity index (χ2v) is 22.3. The molecule has 0 unspecified atom stereocenters. The Morgan fingerprint density at radius 3 is 0.209 bits per heavy atom. The first kappa shape index (κ1) is 54.1. The van der Waals surface area contributed by atoms with Crippen molar-refractivity contribution in [1.29, 1.82) is 94.7 Å². The fraction of sp³-hybridized carbons (Fsp3) is 0. The fourth-order valence-corrected chi connectivity index (χ4v) is 3.28. The number of hydrogen-bond acceptors (Lipinski definition) is 18. The molecule has 0 aliphatic heterocycles. The molecule has 25 heteroatoms. The Morgan fingerprint density at radius 2 is 0.209 bits per heavy atom. The van der Waals surface area contributed by atoms with Gasteiger partial charge >= 0.3 is 295 Å². The molecule has 0 aromatic heterocycles. The van der Waals surface area contributed by atoms with E-state index >= 15 is 0 Å². The van der Waals surface area contributed by atoms with Crippen LogP contribution in [0.3, 0.4) is 0 Å². The molecule has 43 heavy (non-hydrogen) atoms. The summed E-state index contributed by atoms with van der Waals surface area (Å²) >= 11 is 0. The molecule has 0 bridgehead atoms. The zero-order valence-electron chi connectivity index (χ0n) is 20.4. The Labute approximate surface area is 292 Å². The van der Waals surface area contributed by atoms with E-state index in [1.807, 2.05) is 0 Å². The van der Waals surface area contributed by atoms with Crippen LogP contribution in [0.1, 0.15) is 0 Å². The summed E-state index contributed by atoms with van der Waals surface area (Å²) < 4.78 is 0. The molecular weight excluding hydrogens is 915 g/mol. The van der Waals surface area contributed by atoms with Crippen molar-refractivity contribution in [3.8, 4) is 89.4 Å². The van der Waals surface area contributed by atoms with E-state index in [1.165, 1.54) is 0 Å². The van der Waals surface area contributed by atoms with Crippen molar-refractivity contribution in [2.75, 3.05) is 0 Å². The largest absolute Gasteiger partial charge is 3.00 e. The molecule has 0 atom stereocenters. The zero-order valence-corrected chi connectivity index (χ0v) is 33.4. The normalized spacial score (nSPS) is 12.1. The maximum atomic E-state index is 8.58. The molecular formula is C18Fe3Ga4N18. The van der Waals surface area contributed by atoms with Crippen LogP contribution in [0.25, 0.3) is 0 Å². The third-order valence-electron chi connectivity index (χ3n) is 3.56. The van der Waals surface area contributed by atoms with Gasteiger partial charge < -0.3 is 0 Å². The summed E-state index contributed by atoms with van der Waals surface area (Å²) in [5.74, 6) is 0. The first-order chi connectivity index (χ1) is 17.9. The second-order valence-electron chi connectivity index (χ2n) is 5.40. The molecule has 0 amide bonds. The van der Waals surface area contributed by atoms with E-state index < -0.39 is 32.2 Å². The quantitative estimate of drug-likeness (QED) is 0.257. The van der Waals surface area contributed by atoms with E-state index in [0.29, 0.717) is 0 Å². The van der Waals surface area contributed by atoms with Crippen molar-refractivity contribution in [3.63, 3.8) is 0 Å². The zero-order chi connectivity index (χ0) is 32.0. The van der Waals surface area contributed by atoms with Crippen LogP contribution in [0.15, 0.2) is 0 Å². The fourth-order valence-electron chi connectivity index (χ4n) is 0.795. The predicted octanol–water partition coefficient (Wildman–Crippen LogP) is -1.23. The monoisotopic (exact) mass is 912 g/mol. The summed E-state index contributed by atoms with van der Waals surface area (Å²) in [6.07, 6.45) is 0. The van der Waals surface area contributed by atoms with Gasteiger partial charge in [0.05, 0.1) is 0 Å². The van der Waals surface area contributed by atoms with Gasteiger partial charge in [-0.25, -0.2) is 0 Å². The van der Waals surface area contributed by atoms with E-state index in [1.54, 1.807) is 0 Å². The topological polar surface area (TPSA) is 428 Å². The van der Waals surface area contributed by atoms with E-state index in [-0.39, 0.29) is 79.2 Å². The van der Waals surface area contributed by atoms with Crippen molar-refractivity contribution in [1.82, 2.24) is 0 Å². The number of nitriles is 18. The molecule has 0 aliphatic rings. The van der Waals surface area contributed by atoms with Gasteiger partial charge in [0.15, 0.2) is 0 Å². The predicted molar refractivity (Wildman–Crippen MR) is 124 cm³/mol. The van der Waals surface area contributed by atoms with Crippen molar-refractivity contribution in [3.05, 3.63) is 0 Å². The van der Waals surface area contributed by atoms with Gasteiger partial charge in [0, 0.05) is 0 Å². The van der Waals surface area contributed by atoms with Gasteiger partial charge in [0.25, 0.3) is 0 Å². The van der Waals surface area contributed by atoms with Gasteiger partial charge in [-0.3, -0.25) is 0 Å². The molecule has 18 nitrogen and oxygen atoms in total. The molecule has 0 aromatic carbocycles. The Bertz CT molecular complexity index is 1420. The summed E-state index contributed by atoms with van der Waals surface area (Å²) in [7, 11) is -18.5. The maximum absolute atomic E-state index is 8.58. The minimum absolute atomic E-state index is 0. The van der Waals surface area contributed by atoms with Crippen LogP contribution in [0.4, 0.5) is 0 Å². The third kappa shape index (κ3) is 6.24. The van der Waals surface area contributed by atoms with Gasteiger partial charge in [-0.15, -0.1) is 0 Å². The first-order valence-electron chi connectivity index (χ1n) is 7.21. The van der Waals surface area contributed by atoms with Crippen molar-refractivity contribution < 1.29 is 32.2 Å². The summed E-state index contributed by atoms with van der Waals surface area (Å²) in [4.78, 5) is 18.6. The van der Waals surface area contributed by atoms with Gasteiger partial charge in [-0.1, -0.05) is 0 Å². The third-order valence-corrected chi connectivity index (χ3v) is 14.7. The van der Waals surface area contributed by atoms with Crippen molar-refractivity contribution in [2.24, 2.45) is 0 Å². The van der Waals surface area contributed by atoms with Crippen molar-refractivity contribution >= 4 is 79.2 Å². The number of hydrogen-bond donors (Lipinski definition) is 0. The molecule has 0 saturated heterocycles. The summed E-state index contributed by atoms with van der Waals surface area (Å²) in [6, 6.07) is 0. The van der Waals surface area contributed by atoms with Crippen molar-refractivity contribution in [2.45, 2.75) is 0 Å². The Morgan fingerprint density at radius 1 is 0.163 bits per heavy atom. The van der Waals surface area contributed by atoms with Crippen LogP contribution in [-0.4, -0.2) is 79.2 Å². The van der Waals surface area contributed by atoms with Crippen LogP contribution >= 0.6 is 0 Å². The van der Waals surface area contributed by atoms with Crippen LogP contribution in [0.2, 0.25) is 0 Å². The SMILES string of the molecule is N#[C][Fe-4]([C]#N)([C]#N)([C]#N)([C]#N)[C]#N.N#[C][Fe-4]([C]#N)([C]#N)([C]#N)([C]#N)[C]#N.N#[C][Fe-4]([C]#N)([C]#N)([C]#N)([C]#N)[C]#N.[Ga+3].[Ga+3].[Ga+3].[Ga+3]. The molecule has 0 heterocycles. The van der Waals surface area contributed by atoms with E-state index in [4.69, 9.17) is 94.7 Å². The number of rotatable bonds is 0. The van der Waals surface area contributed by atoms with Crippen LogP contribution in [-0.2, 0) is 32.2 Å². The summed E-state index contributed by atoms with van der Waals surface area (Å²) in [5.41, 5.74) is 0. The molecule has 0 aromatic rings. The second kappa shape index (κ2) is 14.2. The minimum Gasteiger partial charge on any atom is 3.00 e. The van der Waals surface area contributed by atoms with Crippen LogP contribution < -0.4 is 0 Å². The Hall–Kier alpha value is -5.08. The standard InChI is InChI=1S/18CN.3Fe.4Ga/c18*1-2;;;;;;;/q;;;;;;;;;;;;;;;;;;3*-4;4*+3. The summed E-state index contributed by atoms with van der Waals surface area (Å²) in [5, 5.41) is 154. The molecule has 0 radical (unpaired) electrons. The number of nitrogens with zero attached hydrogens (tertiary/aromatic N) is 18. The van der Waals surface area contributed by atoms with Gasteiger partial charge in [0.1, 0.15) is 0 Å². The minimum atomic E-state index is -6.17. The average Bonchev–Trinajstić information content (AvgIpc) is 3.06. The van der Waals surface area contributed by atoms with Gasteiger partial charge in [-0.2, -0.15) is 0 Å². The van der Waals surface area contributed by atoms with E-state index in [9.17, 15) is 0 Å². The van der Waals surface area contributed by atoms with E-state index in [2.05, 4.69) is 0 Å². The van der Waals surface area contributed by atoms with E-state index in [0.717, 1.165) is 89.4 Å². The molecule has 0 saturated carbocycles. The summed E-state index contributed by atoms with van der Waals surface area (Å²) in [6.45, 7) is 0. The molecule has 0 spiro atoms. The smallest absolute Gasteiger partial charge is 3.00 e. The van der Waals surface area contributed by atoms with Gasteiger partial charge in [-0.05, 0) is 0 Å². The molecule has 0 rings (SSSR count). The molecule has 0 fully saturated rings. The maximum Gasteiger partial charge on any atom is 3.00 e. The Balaban J connectivity index is -0.0000000864. The Kier molecular flexibility index (Phi) is 17.9. The molecule has 0 aliphatic carbocycles. The van der Waals surface area contributed by atoms with Gasteiger partial charge in [0.2, 0.25) is 0 Å².